The van der Waals surface area contributed by atoms with Crippen molar-refractivity contribution in [2.24, 2.45) is 0 Å². The molecule has 0 aromatic heterocycles. The first-order chi connectivity index (χ1) is 9.72. The van der Waals surface area contributed by atoms with Crippen molar-refractivity contribution >= 4 is 17.4 Å². The lowest BCUT2D eigenvalue weighted by Crippen LogP contribution is -2.27. The van der Waals surface area contributed by atoms with Crippen LogP contribution in [0.5, 0.6) is 0 Å². The van der Waals surface area contributed by atoms with Gasteiger partial charge in [-0.1, -0.05) is 6.07 Å². The van der Waals surface area contributed by atoms with Crippen molar-refractivity contribution in [2.75, 3.05) is 11.9 Å². The average molecular weight is 272 g/mol. The molecule has 1 unspecified atom stereocenters. The number of fused-ring (bicyclic) bond motifs is 1. The summed E-state index contributed by atoms with van der Waals surface area (Å²) in [5, 5.41) is 6.22. The van der Waals surface area contributed by atoms with Gasteiger partial charge in [0.2, 0.25) is 5.91 Å². The standard InChI is InChI=1S/C16H20N2O2/c19-15-5-1-3-11-6-7-13(9-14(11)15)18-16(20)10-12-4-2-8-17-12/h6-7,9,12,17H,1-5,8,10H2,(H,18,20). The lowest BCUT2D eigenvalue weighted by Gasteiger charge is -2.16. The summed E-state index contributed by atoms with van der Waals surface area (Å²) in [4.78, 5) is 23.9. The number of amides is 1. The Morgan fingerprint density at radius 3 is 3.00 bits per heavy atom. The van der Waals surface area contributed by atoms with E-state index in [-0.39, 0.29) is 11.7 Å². The van der Waals surface area contributed by atoms with Gasteiger partial charge in [0.05, 0.1) is 0 Å². The van der Waals surface area contributed by atoms with Crippen LogP contribution in [0.3, 0.4) is 0 Å². The second-order valence-electron chi connectivity index (χ2n) is 5.69. The monoisotopic (exact) mass is 272 g/mol. The molecule has 3 rings (SSSR count). The summed E-state index contributed by atoms with van der Waals surface area (Å²) < 4.78 is 0. The van der Waals surface area contributed by atoms with Gasteiger partial charge in [0.25, 0.3) is 0 Å². The zero-order chi connectivity index (χ0) is 13.9. The molecule has 0 bridgehead atoms. The number of rotatable bonds is 3. The van der Waals surface area contributed by atoms with Crippen molar-refractivity contribution in [1.82, 2.24) is 5.32 Å². The molecule has 1 atom stereocenters. The highest BCUT2D eigenvalue weighted by molar-refractivity contribution is 6.00. The molecule has 20 heavy (non-hydrogen) atoms. The Labute approximate surface area is 118 Å². The highest BCUT2D eigenvalue weighted by atomic mass is 16.1. The normalized spacial score (nSPS) is 21.6. The molecule has 1 aliphatic carbocycles. The van der Waals surface area contributed by atoms with Gasteiger partial charge >= 0.3 is 0 Å². The Balaban J connectivity index is 1.66. The Kier molecular flexibility index (Phi) is 3.83. The number of hydrogen-bond donors (Lipinski definition) is 2. The molecule has 2 aliphatic rings. The maximum absolute atomic E-state index is 12.0. The molecule has 2 N–H and O–H groups in total. The van der Waals surface area contributed by atoms with E-state index in [1.807, 2.05) is 18.2 Å². The Morgan fingerprint density at radius 1 is 1.30 bits per heavy atom. The molecule has 1 aliphatic heterocycles. The summed E-state index contributed by atoms with van der Waals surface area (Å²) in [6, 6.07) is 6.00. The molecule has 1 amide bonds. The molecule has 4 heteroatoms. The lowest BCUT2D eigenvalue weighted by molar-refractivity contribution is -0.116. The molecule has 106 valence electrons. The molecule has 4 nitrogen and oxygen atoms in total. The van der Waals surface area contributed by atoms with Crippen molar-refractivity contribution < 1.29 is 9.59 Å². The Hall–Kier alpha value is -1.68. The number of ketones is 1. The van der Waals surface area contributed by atoms with Gasteiger partial charge in [-0.2, -0.15) is 0 Å². The second-order valence-corrected chi connectivity index (χ2v) is 5.69. The first kappa shape index (κ1) is 13.3. The third kappa shape index (κ3) is 2.90. The van der Waals surface area contributed by atoms with Crippen LogP contribution in [0, 0.1) is 0 Å². The summed E-state index contributed by atoms with van der Waals surface area (Å²) in [7, 11) is 0. The molecular formula is C16H20N2O2. The van der Waals surface area contributed by atoms with Crippen LogP contribution in [0.4, 0.5) is 5.69 Å². The molecule has 1 heterocycles. The van der Waals surface area contributed by atoms with Crippen LogP contribution < -0.4 is 10.6 Å². The fourth-order valence-electron chi connectivity index (χ4n) is 3.07. The van der Waals surface area contributed by atoms with E-state index in [0.717, 1.165) is 49.0 Å². The fourth-order valence-corrected chi connectivity index (χ4v) is 3.07. The topological polar surface area (TPSA) is 58.2 Å². The number of hydrogen-bond acceptors (Lipinski definition) is 3. The van der Waals surface area contributed by atoms with E-state index in [9.17, 15) is 9.59 Å². The molecule has 1 aromatic rings. The van der Waals surface area contributed by atoms with Crippen LogP contribution in [0.15, 0.2) is 18.2 Å². The first-order valence-electron chi connectivity index (χ1n) is 7.42. The van der Waals surface area contributed by atoms with E-state index in [0.29, 0.717) is 18.9 Å². The predicted octanol–water partition coefficient (Wildman–Crippen LogP) is 2.29. The maximum Gasteiger partial charge on any atom is 0.225 e. The maximum atomic E-state index is 12.0. The summed E-state index contributed by atoms with van der Waals surface area (Å²) in [5.41, 5.74) is 2.63. The number of carbonyl (C=O) groups excluding carboxylic acids is 2. The molecule has 1 saturated heterocycles. The van der Waals surface area contributed by atoms with Crippen molar-refractivity contribution in [3.8, 4) is 0 Å². The number of anilines is 1. The van der Waals surface area contributed by atoms with E-state index >= 15 is 0 Å². The van der Waals surface area contributed by atoms with E-state index < -0.39 is 0 Å². The smallest absolute Gasteiger partial charge is 0.225 e. The quantitative estimate of drug-likeness (QED) is 0.887. The summed E-state index contributed by atoms with van der Waals surface area (Å²) in [5.74, 6) is 0.215. The highest BCUT2D eigenvalue weighted by Gasteiger charge is 2.20. The van der Waals surface area contributed by atoms with Crippen LogP contribution in [0.25, 0.3) is 0 Å². The van der Waals surface area contributed by atoms with Gasteiger partial charge in [0.15, 0.2) is 5.78 Å². The van der Waals surface area contributed by atoms with Gasteiger partial charge < -0.3 is 10.6 Å². The zero-order valence-corrected chi connectivity index (χ0v) is 11.6. The molecule has 1 fully saturated rings. The van der Waals surface area contributed by atoms with Gasteiger partial charge in [0.1, 0.15) is 0 Å². The van der Waals surface area contributed by atoms with Crippen LogP contribution in [-0.4, -0.2) is 24.3 Å². The van der Waals surface area contributed by atoms with Crippen molar-refractivity contribution in [2.45, 2.75) is 44.6 Å². The van der Waals surface area contributed by atoms with Crippen molar-refractivity contribution in [3.05, 3.63) is 29.3 Å². The number of aryl methyl sites for hydroxylation is 1. The van der Waals surface area contributed by atoms with Gasteiger partial charge in [-0.3, -0.25) is 9.59 Å². The average Bonchev–Trinajstić information content (AvgIpc) is 2.92. The van der Waals surface area contributed by atoms with Crippen LogP contribution in [0.1, 0.15) is 48.0 Å². The zero-order valence-electron chi connectivity index (χ0n) is 11.6. The van der Waals surface area contributed by atoms with E-state index in [2.05, 4.69) is 10.6 Å². The van der Waals surface area contributed by atoms with Gasteiger partial charge in [-0.05, 0) is 49.9 Å². The fraction of sp³-hybridized carbons (Fsp3) is 0.500. The molecular weight excluding hydrogens is 252 g/mol. The van der Waals surface area contributed by atoms with Crippen LogP contribution in [-0.2, 0) is 11.2 Å². The van der Waals surface area contributed by atoms with Crippen molar-refractivity contribution in [1.29, 1.82) is 0 Å². The van der Waals surface area contributed by atoms with E-state index in [1.165, 1.54) is 0 Å². The summed E-state index contributed by atoms with van der Waals surface area (Å²) >= 11 is 0. The largest absolute Gasteiger partial charge is 0.326 e. The predicted molar refractivity (Wildman–Crippen MR) is 78.0 cm³/mol. The van der Waals surface area contributed by atoms with Crippen LogP contribution >= 0.6 is 0 Å². The third-order valence-electron chi connectivity index (χ3n) is 4.14. The van der Waals surface area contributed by atoms with E-state index in [4.69, 9.17) is 0 Å². The minimum atomic E-state index is 0.0209. The van der Waals surface area contributed by atoms with Crippen LogP contribution in [0.2, 0.25) is 0 Å². The van der Waals surface area contributed by atoms with Crippen molar-refractivity contribution in [3.63, 3.8) is 0 Å². The minimum absolute atomic E-state index is 0.0209. The minimum Gasteiger partial charge on any atom is -0.326 e. The summed E-state index contributed by atoms with van der Waals surface area (Å²) in [6.45, 7) is 1.01. The van der Waals surface area contributed by atoms with Gasteiger partial charge in [0, 0.05) is 30.1 Å². The molecule has 0 radical (unpaired) electrons. The second kappa shape index (κ2) is 5.75. The number of Topliss-reactive ketones (excluding diaryl/α,β-unsaturated/α-hetero) is 1. The lowest BCUT2D eigenvalue weighted by atomic mass is 9.90. The van der Waals surface area contributed by atoms with E-state index in [1.54, 1.807) is 0 Å². The first-order valence-corrected chi connectivity index (χ1v) is 7.42. The number of carbonyl (C=O) groups is 2. The Morgan fingerprint density at radius 2 is 2.20 bits per heavy atom. The molecule has 0 saturated carbocycles. The highest BCUT2D eigenvalue weighted by Crippen LogP contribution is 2.24. The van der Waals surface area contributed by atoms with Gasteiger partial charge in [-0.25, -0.2) is 0 Å². The molecule has 1 aromatic carbocycles. The summed E-state index contributed by atoms with van der Waals surface area (Å²) in [6.07, 6.45) is 5.23. The number of nitrogens with one attached hydrogen (secondary N) is 2. The van der Waals surface area contributed by atoms with Gasteiger partial charge in [-0.15, -0.1) is 0 Å². The SMILES string of the molecule is O=C(CC1CCCN1)Nc1ccc2c(c1)C(=O)CCC2. The molecule has 0 spiro atoms. The Bertz CT molecular complexity index is 533. The number of benzene rings is 1. The third-order valence-corrected chi connectivity index (χ3v) is 4.14.